The van der Waals surface area contributed by atoms with Crippen molar-refractivity contribution in [3.8, 4) is 16.9 Å². The fraction of sp³-hybridized carbons (Fsp3) is 0.455. The van der Waals surface area contributed by atoms with E-state index in [1.165, 1.54) is 0 Å². The number of nitrogens with zero attached hydrogens (tertiary/aromatic N) is 3. The van der Waals surface area contributed by atoms with Crippen molar-refractivity contribution >= 4 is 40.1 Å². The van der Waals surface area contributed by atoms with Crippen LogP contribution in [0.15, 0.2) is 24.3 Å². The van der Waals surface area contributed by atoms with Gasteiger partial charge in [0.2, 0.25) is 0 Å². The number of fused-ring (bicyclic) bond motifs is 1. The number of halogens is 2. The molecular weight excluding hydrogens is 587 g/mol. The number of benzene rings is 2. The van der Waals surface area contributed by atoms with E-state index in [0.29, 0.717) is 30.2 Å². The molecule has 1 aliphatic rings. The van der Waals surface area contributed by atoms with Gasteiger partial charge in [-0.15, -0.1) is 0 Å². The lowest BCUT2D eigenvalue weighted by atomic mass is 9.98. The fourth-order valence-electron chi connectivity index (χ4n) is 5.94. The topological polar surface area (TPSA) is 81.6 Å². The standard InChI is InChI=1S/C33H40Cl2N4O4/c1-6-42-33(40)32-25(8-7-15-43-24-18-20(2)30(35)21(3)19-24)26-9-10-27(34)29(31(26)36-32)28-22(4)37-39(23(28)5)12-11-38-13-16-41-17-14-38/h9-10,18-19,36H,6-8,11-17H2,1-5H3. The van der Waals surface area contributed by atoms with Gasteiger partial charge in [-0.05, 0) is 82.3 Å². The van der Waals surface area contributed by atoms with Gasteiger partial charge in [-0.25, -0.2) is 4.79 Å². The average molecular weight is 628 g/mol. The van der Waals surface area contributed by atoms with Crippen LogP contribution in [-0.2, 0) is 22.4 Å². The van der Waals surface area contributed by atoms with Gasteiger partial charge in [-0.1, -0.05) is 29.3 Å². The number of H-pyrrole nitrogens is 1. The SMILES string of the molecule is CCOC(=O)c1[nH]c2c(-c3c(C)nn(CCN4CCOCC4)c3C)c(Cl)ccc2c1CCCOc1cc(C)c(Cl)c(C)c1. The van der Waals surface area contributed by atoms with E-state index in [4.69, 9.17) is 42.5 Å². The number of ether oxygens (including phenoxy) is 3. The molecule has 1 saturated heterocycles. The van der Waals surface area contributed by atoms with E-state index in [1.54, 1.807) is 0 Å². The summed E-state index contributed by atoms with van der Waals surface area (Å²) < 4.78 is 19.1. The minimum absolute atomic E-state index is 0.285. The maximum absolute atomic E-state index is 13.1. The fourth-order valence-corrected chi connectivity index (χ4v) is 6.30. The van der Waals surface area contributed by atoms with Crippen molar-refractivity contribution in [3.63, 3.8) is 0 Å². The van der Waals surface area contributed by atoms with Crippen LogP contribution in [-0.4, -0.2) is 71.7 Å². The van der Waals surface area contributed by atoms with Gasteiger partial charge in [0.15, 0.2) is 0 Å². The second-order valence-electron chi connectivity index (χ2n) is 11.1. The molecule has 0 atom stereocenters. The van der Waals surface area contributed by atoms with Crippen molar-refractivity contribution in [2.75, 3.05) is 46.1 Å². The maximum Gasteiger partial charge on any atom is 0.355 e. The first kappa shape index (κ1) is 31.4. The molecule has 0 aliphatic carbocycles. The lowest BCUT2D eigenvalue weighted by Crippen LogP contribution is -2.38. The zero-order chi connectivity index (χ0) is 30.7. The van der Waals surface area contributed by atoms with E-state index in [-0.39, 0.29) is 12.6 Å². The molecule has 0 bridgehead atoms. The third-order valence-corrected chi connectivity index (χ3v) is 9.04. The number of nitrogens with one attached hydrogen (secondary N) is 1. The molecule has 5 rings (SSSR count). The van der Waals surface area contributed by atoms with E-state index >= 15 is 0 Å². The first-order valence-electron chi connectivity index (χ1n) is 14.9. The van der Waals surface area contributed by atoms with E-state index in [0.717, 1.165) is 100 Å². The van der Waals surface area contributed by atoms with Gasteiger partial charge in [-0.3, -0.25) is 9.58 Å². The van der Waals surface area contributed by atoms with E-state index in [2.05, 4.69) is 21.5 Å². The first-order chi connectivity index (χ1) is 20.7. The molecule has 1 N–H and O–H groups in total. The quantitative estimate of drug-likeness (QED) is 0.141. The zero-order valence-corrected chi connectivity index (χ0v) is 27.1. The molecule has 3 heterocycles. The first-order valence-corrected chi connectivity index (χ1v) is 15.7. The normalized spacial score (nSPS) is 14.0. The Morgan fingerprint density at radius 1 is 1.05 bits per heavy atom. The van der Waals surface area contributed by atoms with Crippen molar-refractivity contribution in [3.05, 3.63) is 68.1 Å². The highest BCUT2D eigenvalue weighted by atomic mass is 35.5. The molecular formula is C33H40Cl2N4O4. The largest absolute Gasteiger partial charge is 0.494 e. The van der Waals surface area contributed by atoms with Crippen molar-refractivity contribution in [2.45, 2.75) is 54.0 Å². The average Bonchev–Trinajstić information content (AvgIpc) is 3.49. The van der Waals surface area contributed by atoms with Crippen LogP contribution < -0.4 is 4.74 Å². The highest BCUT2D eigenvalue weighted by molar-refractivity contribution is 6.35. The van der Waals surface area contributed by atoms with Crippen LogP contribution in [0.5, 0.6) is 5.75 Å². The molecule has 0 radical (unpaired) electrons. The van der Waals surface area contributed by atoms with Gasteiger partial charge in [-0.2, -0.15) is 5.10 Å². The third kappa shape index (κ3) is 6.73. The summed E-state index contributed by atoms with van der Waals surface area (Å²) in [4.78, 5) is 19.0. The van der Waals surface area contributed by atoms with Gasteiger partial charge in [0.1, 0.15) is 11.4 Å². The summed E-state index contributed by atoms with van der Waals surface area (Å²) in [6.07, 6.45) is 1.33. The van der Waals surface area contributed by atoms with E-state index < -0.39 is 0 Å². The molecule has 0 unspecified atom stereocenters. The number of carbonyl (C=O) groups is 1. The molecule has 0 amide bonds. The highest BCUT2D eigenvalue weighted by Crippen LogP contribution is 2.40. The summed E-state index contributed by atoms with van der Waals surface area (Å²) in [6, 6.07) is 7.79. The Bertz CT molecular complexity index is 1600. The van der Waals surface area contributed by atoms with Crippen LogP contribution in [0.4, 0.5) is 0 Å². The minimum atomic E-state index is -0.379. The van der Waals surface area contributed by atoms with Crippen molar-refractivity contribution in [1.82, 2.24) is 19.7 Å². The summed E-state index contributed by atoms with van der Waals surface area (Å²) in [5.74, 6) is 0.407. The monoisotopic (exact) mass is 626 g/mol. The molecule has 4 aromatic rings. The summed E-state index contributed by atoms with van der Waals surface area (Å²) in [5.41, 5.74) is 7.90. The lowest BCUT2D eigenvalue weighted by molar-refractivity contribution is 0.0359. The molecule has 10 heteroatoms. The second kappa shape index (κ2) is 13.7. The van der Waals surface area contributed by atoms with Crippen LogP contribution in [0.1, 0.15) is 51.9 Å². The predicted molar refractivity (Wildman–Crippen MR) is 172 cm³/mol. The Hall–Kier alpha value is -3.04. The number of rotatable bonds is 11. The molecule has 0 saturated carbocycles. The van der Waals surface area contributed by atoms with Gasteiger partial charge in [0.05, 0.1) is 49.2 Å². The number of carbonyl (C=O) groups excluding carboxylic acids is 1. The lowest BCUT2D eigenvalue weighted by Gasteiger charge is -2.26. The molecule has 43 heavy (non-hydrogen) atoms. The molecule has 1 aliphatic heterocycles. The van der Waals surface area contributed by atoms with Gasteiger partial charge >= 0.3 is 5.97 Å². The third-order valence-electron chi connectivity index (χ3n) is 8.12. The Balaban J connectivity index is 1.44. The van der Waals surface area contributed by atoms with Crippen LogP contribution in [0.25, 0.3) is 22.0 Å². The summed E-state index contributed by atoms with van der Waals surface area (Å²) in [5, 5.41) is 7.19. The molecule has 230 valence electrons. The number of esters is 1. The molecule has 8 nitrogen and oxygen atoms in total. The predicted octanol–water partition coefficient (Wildman–Crippen LogP) is 7.09. The molecule has 2 aromatic heterocycles. The second-order valence-corrected chi connectivity index (χ2v) is 11.9. The highest BCUT2D eigenvalue weighted by Gasteiger charge is 2.25. The van der Waals surface area contributed by atoms with Crippen LogP contribution >= 0.6 is 23.2 Å². The number of aromatic amines is 1. The molecule has 1 fully saturated rings. The summed E-state index contributed by atoms with van der Waals surface area (Å²) >= 11 is 13.2. The summed E-state index contributed by atoms with van der Waals surface area (Å²) in [7, 11) is 0. The van der Waals surface area contributed by atoms with Crippen molar-refractivity contribution in [1.29, 1.82) is 0 Å². The maximum atomic E-state index is 13.1. The summed E-state index contributed by atoms with van der Waals surface area (Å²) in [6.45, 7) is 15.7. The number of morpholine rings is 1. The number of aryl methyl sites for hydroxylation is 4. The minimum Gasteiger partial charge on any atom is -0.494 e. The number of hydrogen-bond donors (Lipinski definition) is 1. The Kier molecular flexibility index (Phi) is 10.0. The smallest absolute Gasteiger partial charge is 0.355 e. The number of aromatic nitrogens is 3. The zero-order valence-electron chi connectivity index (χ0n) is 25.6. The van der Waals surface area contributed by atoms with Crippen molar-refractivity contribution < 1.29 is 19.0 Å². The van der Waals surface area contributed by atoms with Crippen LogP contribution in [0.2, 0.25) is 10.0 Å². The van der Waals surface area contributed by atoms with Gasteiger partial charge in [0.25, 0.3) is 0 Å². The number of hydrogen-bond acceptors (Lipinski definition) is 6. The van der Waals surface area contributed by atoms with Crippen LogP contribution in [0.3, 0.4) is 0 Å². The Labute approximate surface area is 263 Å². The Morgan fingerprint density at radius 2 is 1.77 bits per heavy atom. The molecule has 2 aromatic carbocycles. The van der Waals surface area contributed by atoms with Gasteiger partial charge < -0.3 is 19.2 Å². The molecule has 0 spiro atoms. The Morgan fingerprint density at radius 3 is 2.47 bits per heavy atom. The van der Waals surface area contributed by atoms with Crippen LogP contribution in [0, 0.1) is 27.7 Å². The van der Waals surface area contributed by atoms with E-state index in [1.807, 2.05) is 52.0 Å². The van der Waals surface area contributed by atoms with Gasteiger partial charge in [0, 0.05) is 46.9 Å². The van der Waals surface area contributed by atoms with Crippen molar-refractivity contribution in [2.24, 2.45) is 0 Å². The van der Waals surface area contributed by atoms with E-state index in [9.17, 15) is 4.79 Å².